The van der Waals surface area contributed by atoms with E-state index < -0.39 is 17.9 Å². The number of aliphatic carboxylic acids is 1. The maximum absolute atomic E-state index is 13.1. The van der Waals surface area contributed by atoms with Crippen molar-refractivity contribution >= 4 is 35.5 Å². The van der Waals surface area contributed by atoms with Crippen LogP contribution in [0.4, 0.5) is 0 Å². The molecule has 4 heterocycles. The maximum Gasteiger partial charge on any atom is 0.353 e. The summed E-state index contributed by atoms with van der Waals surface area (Å²) in [5, 5.41) is 27.0. The molecule has 0 aromatic carbocycles. The summed E-state index contributed by atoms with van der Waals surface area (Å²) in [6.45, 7) is 4.76. The zero-order valence-electron chi connectivity index (χ0n) is 21.6. The predicted octanol–water partition coefficient (Wildman–Crippen LogP) is -1.17. The Morgan fingerprint density at radius 3 is 2.73 bits per heavy atom. The summed E-state index contributed by atoms with van der Waals surface area (Å²) in [6.07, 6.45) is 2.26. The highest BCUT2D eigenvalue weighted by atomic mass is 32.2. The van der Waals surface area contributed by atoms with Crippen molar-refractivity contribution in [2.24, 2.45) is 11.8 Å². The number of hydrogen-bond donors (Lipinski definition) is 4. The predicted molar refractivity (Wildman–Crippen MR) is 135 cm³/mol. The number of β-lactam (4-membered cyclic amide) rings is 1. The third-order valence-corrected chi connectivity index (χ3v) is 8.60. The van der Waals surface area contributed by atoms with Crippen LogP contribution in [0.5, 0.6) is 0 Å². The largest absolute Gasteiger partial charge is 0.477 e. The summed E-state index contributed by atoms with van der Waals surface area (Å²) >= 11 is 1.44. The number of nitrogens with one attached hydrogen (secondary N) is 3. The van der Waals surface area contributed by atoms with Crippen LogP contribution in [0.1, 0.15) is 26.0 Å². The van der Waals surface area contributed by atoms with Crippen LogP contribution in [0.25, 0.3) is 0 Å². The average molecular weight is 535 g/mol. The molecule has 2 fully saturated rings. The molecule has 202 valence electrons. The third kappa shape index (κ3) is 5.22. The first-order chi connectivity index (χ1) is 17.5. The highest BCUT2D eigenvalue weighted by Crippen LogP contribution is 2.51. The van der Waals surface area contributed by atoms with E-state index in [2.05, 4.69) is 26.3 Å². The van der Waals surface area contributed by atoms with Gasteiger partial charge in [0.25, 0.3) is 0 Å². The van der Waals surface area contributed by atoms with E-state index in [1.54, 1.807) is 39.2 Å². The SMILES string of the molecule is CNCc1cn(CC(=O)NC(C)[C@H]2C(=O)N3C(C(=O)O)=C(S[C@@H]4CN[C@H](C(=O)N(C)C)C4)[C@H](C)[C@H]23)nn1. The minimum absolute atomic E-state index is 0.0113. The van der Waals surface area contributed by atoms with Gasteiger partial charge in [-0.3, -0.25) is 14.4 Å². The van der Waals surface area contributed by atoms with Crippen LogP contribution in [0.3, 0.4) is 0 Å². The van der Waals surface area contributed by atoms with Crippen molar-refractivity contribution in [3.8, 4) is 0 Å². The van der Waals surface area contributed by atoms with E-state index in [9.17, 15) is 24.3 Å². The van der Waals surface area contributed by atoms with Crippen molar-refractivity contribution in [1.82, 2.24) is 40.7 Å². The molecule has 1 unspecified atom stereocenters. The van der Waals surface area contributed by atoms with Crippen LogP contribution in [-0.2, 0) is 32.3 Å². The number of nitrogens with zero attached hydrogens (tertiary/aromatic N) is 5. The summed E-state index contributed by atoms with van der Waals surface area (Å²) < 4.78 is 1.44. The molecule has 37 heavy (non-hydrogen) atoms. The molecule has 0 spiro atoms. The Bertz CT molecular complexity index is 1120. The lowest BCUT2D eigenvalue weighted by Gasteiger charge is -2.47. The summed E-state index contributed by atoms with van der Waals surface area (Å²) in [5.74, 6) is -2.51. The van der Waals surface area contributed by atoms with Crippen LogP contribution in [0.15, 0.2) is 16.8 Å². The molecule has 0 aliphatic carbocycles. The van der Waals surface area contributed by atoms with Crippen molar-refractivity contribution in [2.75, 3.05) is 27.7 Å². The number of amides is 3. The molecule has 0 radical (unpaired) electrons. The number of hydrogen-bond acceptors (Lipinski definition) is 9. The van der Waals surface area contributed by atoms with Gasteiger partial charge in [-0.2, -0.15) is 0 Å². The number of fused-ring (bicyclic) bond motifs is 1. The lowest BCUT2D eigenvalue weighted by atomic mass is 9.78. The van der Waals surface area contributed by atoms with Gasteiger partial charge in [0.05, 0.1) is 29.9 Å². The topological polar surface area (TPSA) is 162 Å². The van der Waals surface area contributed by atoms with Gasteiger partial charge < -0.3 is 30.9 Å². The minimum atomic E-state index is -1.14. The molecule has 3 aliphatic heterocycles. The number of carboxylic acid groups (broad SMARTS) is 1. The second kappa shape index (κ2) is 10.8. The number of likely N-dealkylation sites (N-methyl/N-ethyl adjacent to an activating group) is 1. The zero-order valence-corrected chi connectivity index (χ0v) is 22.4. The van der Waals surface area contributed by atoms with Crippen molar-refractivity contribution < 1.29 is 24.3 Å². The average Bonchev–Trinajstić information content (AvgIpc) is 3.52. The van der Waals surface area contributed by atoms with Gasteiger partial charge in [0.2, 0.25) is 17.7 Å². The molecule has 3 amide bonds. The fourth-order valence-corrected chi connectivity index (χ4v) is 6.86. The molecule has 4 rings (SSSR count). The molecule has 3 aliphatic rings. The molecule has 14 heteroatoms. The first-order valence-electron chi connectivity index (χ1n) is 12.3. The summed E-state index contributed by atoms with van der Waals surface area (Å²) in [4.78, 5) is 53.8. The van der Waals surface area contributed by atoms with Gasteiger partial charge in [0, 0.05) is 49.3 Å². The quantitative estimate of drug-likeness (QED) is 0.269. The van der Waals surface area contributed by atoms with Crippen molar-refractivity contribution in [3.05, 3.63) is 22.5 Å². The lowest BCUT2D eigenvalue weighted by Crippen LogP contribution is -2.66. The number of carbonyl (C=O) groups excluding carboxylic acids is 3. The molecular formula is C23H34N8O5S. The molecule has 6 atom stereocenters. The molecule has 1 aromatic heterocycles. The normalized spacial score (nSPS) is 27.6. The van der Waals surface area contributed by atoms with E-state index in [4.69, 9.17) is 0 Å². The smallest absolute Gasteiger partial charge is 0.353 e. The second-order valence-electron chi connectivity index (χ2n) is 9.99. The molecule has 0 saturated carbocycles. The molecule has 4 N–H and O–H groups in total. The van der Waals surface area contributed by atoms with Crippen LogP contribution in [0, 0.1) is 11.8 Å². The maximum atomic E-state index is 13.1. The van der Waals surface area contributed by atoms with Crippen LogP contribution in [-0.4, -0.2) is 105 Å². The van der Waals surface area contributed by atoms with Gasteiger partial charge in [0.15, 0.2) is 0 Å². The van der Waals surface area contributed by atoms with E-state index in [0.29, 0.717) is 30.1 Å². The van der Waals surface area contributed by atoms with E-state index in [0.717, 1.165) is 0 Å². The van der Waals surface area contributed by atoms with Crippen LogP contribution < -0.4 is 16.0 Å². The first-order valence-corrected chi connectivity index (χ1v) is 13.2. The summed E-state index contributed by atoms with van der Waals surface area (Å²) in [5.41, 5.74) is 0.726. The Hall–Kier alpha value is -2.97. The summed E-state index contributed by atoms with van der Waals surface area (Å²) in [6, 6.07) is -1.14. The fourth-order valence-electron chi connectivity index (χ4n) is 5.38. The van der Waals surface area contributed by atoms with E-state index in [1.165, 1.54) is 21.3 Å². The molecular weight excluding hydrogens is 500 g/mol. The van der Waals surface area contributed by atoms with Crippen LogP contribution >= 0.6 is 11.8 Å². The van der Waals surface area contributed by atoms with Crippen molar-refractivity contribution in [3.63, 3.8) is 0 Å². The van der Waals surface area contributed by atoms with E-state index in [1.807, 2.05) is 6.92 Å². The minimum Gasteiger partial charge on any atom is -0.477 e. The van der Waals surface area contributed by atoms with Gasteiger partial charge in [0.1, 0.15) is 12.2 Å². The third-order valence-electron chi connectivity index (χ3n) is 7.09. The molecule has 13 nitrogen and oxygen atoms in total. The number of carbonyl (C=O) groups is 4. The number of aromatic nitrogens is 3. The zero-order chi connectivity index (χ0) is 27.0. The van der Waals surface area contributed by atoms with Gasteiger partial charge in [-0.1, -0.05) is 12.1 Å². The molecule has 0 bridgehead atoms. The van der Waals surface area contributed by atoms with Gasteiger partial charge in [-0.25, -0.2) is 9.48 Å². The highest BCUT2D eigenvalue weighted by molar-refractivity contribution is 8.03. The Morgan fingerprint density at radius 1 is 1.35 bits per heavy atom. The Kier molecular flexibility index (Phi) is 7.90. The van der Waals surface area contributed by atoms with Gasteiger partial charge in [-0.05, 0) is 20.4 Å². The Balaban J connectivity index is 1.41. The Labute approximate surface area is 219 Å². The van der Waals surface area contributed by atoms with E-state index in [-0.39, 0.29) is 53.2 Å². The van der Waals surface area contributed by atoms with Crippen molar-refractivity contribution in [1.29, 1.82) is 0 Å². The number of thioether (sulfide) groups is 1. The standard InChI is InChI=1S/C23H34N8O5S/c1-11-18-17(12(2)26-16(32)10-30-9-13(7-24-3)27-28-30)22(34)31(18)19(23(35)36)20(11)37-14-6-15(25-8-14)21(33)29(4)5/h9,11-12,14-15,17-18,24-25H,6-8,10H2,1-5H3,(H,26,32)(H,35,36)/t11-,12?,14+,15+,17-,18-/m1/s1. The number of carboxylic acids is 1. The molecule has 1 aromatic rings. The van der Waals surface area contributed by atoms with Gasteiger partial charge in [-0.15, -0.1) is 16.9 Å². The second-order valence-corrected chi connectivity index (χ2v) is 11.3. The fraction of sp³-hybridized carbons (Fsp3) is 0.652. The summed E-state index contributed by atoms with van der Waals surface area (Å²) in [7, 11) is 5.20. The van der Waals surface area contributed by atoms with Crippen LogP contribution in [0.2, 0.25) is 0 Å². The highest BCUT2D eigenvalue weighted by Gasteiger charge is 2.60. The van der Waals surface area contributed by atoms with Gasteiger partial charge >= 0.3 is 5.97 Å². The Morgan fingerprint density at radius 2 is 2.08 bits per heavy atom. The molecule has 2 saturated heterocycles. The van der Waals surface area contributed by atoms with E-state index >= 15 is 0 Å². The monoisotopic (exact) mass is 534 g/mol. The number of rotatable bonds is 10. The lowest BCUT2D eigenvalue weighted by molar-refractivity contribution is -0.158. The van der Waals surface area contributed by atoms with Crippen molar-refractivity contribution in [2.45, 2.75) is 56.7 Å². The first kappa shape index (κ1) is 27.1.